The molecule has 1 aliphatic heterocycles. The molecule has 5 rings (SSSR count). The molecule has 1 aromatic carbocycles. The summed E-state index contributed by atoms with van der Waals surface area (Å²) in [5.41, 5.74) is 7.11. The first kappa shape index (κ1) is 20.5. The van der Waals surface area contributed by atoms with Crippen molar-refractivity contribution >= 4 is 33.0 Å². The van der Waals surface area contributed by atoms with Gasteiger partial charge in [0.1, 0.15) is 5.82 Å². The highest BCUT2D eigenvalue weighted by Crippen LogP contribution is 2.28. The molecule has 12 heteroatoms. The fraction of sp³-hybridized carbons (Fsp3) is 0.200. The Labute approximate surface area is 189 Å². The lowest BCUT2D eigenvalue weighted by Gasteiger charge is -2.34. The van der Waals surface area contributed by atoms with Crippen LogP contribution in [0.2, 0.25) is 0 Å². The lowest BCUT2D eigenvalue weighted by molar-refractivity contribution is 0.384. The lowest BCUT2D eigenvalue weighted by atomic mass is 10.2. The van der Waals surface area contributed by atoms with Crippen LogP contribution in [0.15, 0.2) is 62.7 Å². The Morgan fingerprint density at radius 2 is 1.78 bits per heavy atom. The van der Waals surface area contributed by atoms with E-state index < -0.39 is 10.0 Å². The Hall–Kier alpha value is -3.35. The number of thiophene rings is 1. The number of nitrogens with two attached hydrogens (primary N) is 1. The summed E-state index contributed by atoms with van der Waals surface area (Å²) in [4.78, 5) is 11.1. The van der Waals surface area contributed by atoms with Crippen molar-refractivity contribution in [1.29, 1.82) is 0 Å². The van der Waals surface area contributed by atoms with Gasteiger partial charge in [-0.25, -0.2) is 18.4 Å². The average Bonchev–Trinajstić information content (AvgIpc) is 3.53. The minimum absolute atomic E-state index is 0. The number of anilines is 2. The third-order valence-corrected chi connectivity index (χ3v) is 7.86. The summed E-state index contributed by atoms with van der Waals surface area (Å²) in [6, 6.07) is 11.0. The number of hydrogen-bond donors (Lipinski definition) is 1. The third kappa shape index (κ3) is 3.83. The van der Waals surface area contributed by atoms with Gasteiger partial charge in [-0.15, -0.1) is 10.2 Å². The number of nitrogens with zero attached hydrogens (tertiary/aromatic N) is 6. The molecule has 3 aromatic heterocycles. The van der Waals surface area contributed by atoms with Crippen molar-refractivity contribution in [3.8, 4) is 23.0 Å². The molecule has 0 radical (unpaired) electrons. The quantitative estimate of drug-likeness (QED) is 0.466. The van der Waals surface area contributed by atoms with E-state index in [4.69, 9.17) is 10.2 Å². The number of nitrogen functional groups attached to an aromatic ring is 1. The summed E-state index contributed by atoms with van der Waals surface area (Å²) in [5.74, 6) is 1.28. The predicted molar refractivity (Wildman–Crippen MR) is 123 cm³/mol. The minimum Gasteiger partial charge on any atom is -0.414 e. The van der Waals surface area contributed by atoms with E-state index in [-0.39, 0.29) is 13.1 Å². The first-order chi connectivity index (χ1) is 15.5. The van der Waals surface area contributed by atoms with Crippen molar-refractivity contribution in [2.45, 2.75) is 4.90 Å². The van der Waals surface area contributed by atoms with Gasteiger partial charge in [0.15, 0.2) is 11.5 Å². The summed E-state index contributed by atoms with van der Waals surface area (Å²) in [6.07, 6.45) is 1.57. The molecular formula is C20H21N7O3S2. The topological polar surface area (TPSA) is 131 Å². The van der Waals surface area contributed by atoms with Crippen LogP contribution in [0.5, 0.6) is 0 Å². The molecule has 0 amide bonds. The van der Waals surface area contributed by atoms with Crippen molar-refractivity contribution in [3.05, 3.63) is 53.4 Å². The van der Waals surface area contributed by atoms with Crippen LogP contribution in [0.4, 0.5) is 11.6 Å². The van der Waals surface area contributed by atoms with Gasteiger partial charge in [0.2, 0.25) is 15.9 Å². The summed E-state index contributed by atoms with van der Waals surface area (Å²) < 4.78 is 32.7. The van der Waals surface area contributed by atoms with Crippen LogP contribution in [-0.4, -0.2) is 59.1 Å². The van der Waals surface area contributed by atoms with Gasteiger partial charge in [0.05, 0.1) is 11.1 Å². The molecule has 10 nitrogen and oxygen atoms in total. The Morgan fingerprint density at radius 3 is 2.50 bits per heavy atom. The highest BCUT2D eigenvalue weighted by atomic mass is 32.2. The van der Waals surface area contributed by atoms with Crippen LogP contribution in [0, 0.1) is 0 Å². The van der Waals surface area contributed by atoms with Crippen molar-refractivity contribution in [3.63, 3.8) is 0 Å². The molecule has 166 valence electrons. The molecule has 0 unspecified atom stereocenters. The third-order valence-electron chi connectivity index (χ3n) is 5.13. The summed E-state index contributed by atoms with van der Waals surface area (Å²) in [7, 11) is -3.48. The van der Waals surface area contributed by atoms with E-state index in [1.54, 1.807) is 23.0 Å². The smallest absolute Gasteiger partial charge is 0.270 e. The van der Waals surface area contributed by atoms with Gasteiger partial charge in [-0.05, 0) is 23.6 Å². The van der Waals surface area contributed by atoms with E-state index >= 15 is 0 Å². The van der Waals surface area contributed by atoms with Gasteiger partial charge in [0.25, 0.3) is 5.89 Å². The molecule has 0 aliphatic carbocycles. The van der Waals surface area contributed by atoms with Crippen molar-refractivity contribution in [2.24, 2.45) is 0 Å². The molecule has 4 aromatic rings. The van der Waals surface area contributed by atoms with Gasteiger partial charge < -0.3 is 15.1 Å². The fourth-order valence-corrected chi connectivity index (χ4v) is 5.86. The predicted octanol–water partition coefficient (Wildman–Crippen LogP) is 2.59. The summed E-state index contributed by atoms with van der Waals surface area (Å²) in [5, 5.41) is 11.6. The molecule has 2 N–H and O–H groups in total. The van der Waals surface area contributed by atoms with Crippen LogP contribution in [-0.2, 0) is 10.0 Å². The molecular weight excluding hydrogens is 450 g/mol. The fourth-order valence-electron chi connectivity index (χ4n) is 3.42. The maximum absolute atomic E-state index is 12.7. The van der Waals surface area contributed by atoms with E-state index in [2.05, 4.69) is 20.2 Å². The molecule has 4 heterocycles. The van der Waals surface area contributed by atoms with Crippen LogP contribution in [0.3, 0.4) is 0 Å². The van der Waals surface area contributed by atoms with Crippen molar-refractivity contribution in [2.75, 3.05) is 36.8 Å². The molecule has 0 atom stereocenters. The summed E-state index contributed by atoms with van der Waals surface area (Å²) in [6.45, 7) is 1.64. The maximum Gasteiger partial charge on any atom is 0.270 e. The number of hydrogen-bond acceptors (Lipinski definition) is 10. The first-order valence-electron chi connectivity index (χ1n) is 9.81. The van der Waals surface area contributed by atoms with E-state index in [1.807, 2.05) is 35.2 Å². The Bertz CT molecular complexity index is 1320. The van der Waals surface area contributed by atoms with E-state index in [0.717, 1.165) is 5.56 Å². The van der Waals surface area contributed by atoms with Gasteiger partial charge in [-0.1, -0.05) is 18.2 Å². The molecule has 0 saturated carbocycles. The maximum atomic E-state index is 12.7. The Morgan fingerprint density at radius 1 is 1.03 bits per heavy atom. The molecule has 0 spiro atoms. The SMILES string of the molecule is Nc1ncc(N2CCN(S(=O)(=O)c3ccsc3)CC2)nc1-c1nnc(-c2ccccc2)o1.[HH]. The monoisotopic (exact) mass is 471 g/mol. The molecule has 1 aliphatic rings. The molecule has 1 saturated heterocycles. The van der Waals surface area contributed by atoms with E-state index in [9.17, 15) is 8.42 Å². The second-order valence-electron chi connectivity index (χ2n) is 7.09. The molecule has 1 fully saturated rings. The van der Waals surface area contributed by atoms with E-state index in [1.165, 1.54) is 15.6 Å². The average molecular weight is 472 g/mol. The number of sulfonamides is 1. The van der Waals surface area contributed by atoms with Crippen LogP contribution in [0.25, 0.3) is 23.0 Å². The summed E-state index contributed by atoms with van der Waals surface area (Å²) >= 11 is 1.36. The van der Waals surface area contributed by atoms with Crippen molar-refractivity contribution in [1.82, 2.24) is 24.5 Å². The number of benzene rings is 1. The van der Waals surface area contributed by atoms with Crippen molar-refractivity contribution < 1.29 is 14.3 Å². The first-order valence-corrected chi connectivity index (χ1v) is 12.2. The normalized spacial score (nSPS) is 15.2. The number of aromatic nitrogens is 4. The number of rotatable bonds is 5. The standard InChI is InChI=1S/C20H19N7O3S2.H2/c21-18-17(20-25-24-19(30-20)14-4-2-1-3-5-14)23-16(12-22-18)26-7-9-27(10-8-26)32(28,29)15-6-11-31-13-15;/h1-6,11-13H,7-10H2,(H2,21,22);1H. The van der Waals surface area contributed by atoms with Gasteiger partial charge in [-0.2, -0.15) is 15.6 Å². The second-order valence-corrected chi connectivity index (χ2v) is 9.81. The zero-order valence-electron chi connectivity index (χ0n) is 16.8. The van der Waals surface area contributed by atoms with Gasteiger partial charge in [-0.3, -0.25) is 0 Å². The van der Waals surface area contributed by atoms with Crippen LogP contribution < -0.4 is 10.6 Å². The Balaban J connectivity index is 0.00000259. The van der Waals surface area contributed by atoms with Crippen LogP contribution >= 0.6 is 11.3 Å². The van der Waals surface area contributed by atoms with Gasteiger partial charge >= 0.3 is 0 Å². The zero-order chi connectivity index (χ0) is 22.1. The largest absolute Gasteiger partial charge is 0.414 e. The zero-order valence-corrected chi connectivity index (χ0v) is 18.5. The lowest BCUT2D eigenvalue weighted by Crippen LogP contribution is -2.48. The second kappa shape index (κ2) is 8.30. The van der Waals surface area contributed by atoms with Gasteiger partial charge in [0, 0.05) is 38.5 Å². The molecule has 32 heavy (non-hydrogen) atoms. The highest BCUT2D eigenvalue weighted by Gasteiger charge is 2.29. The highest BCUT2D eigenvalue weighted by molar-refractivity contribution is 7.89. The Kier molecular flexibility index (Phi) is 5.33. The van der Waals surface area contributed by atoms with E-state index in [0.29, 0.717) is 48.5 Å². The molecule has 0 bridgehead atoms. The van der Waals surface area contributed by atoms with Crippen LogP contribution in [0.1, 0.15) is 1.43 Å². The minimum atomic E-state index is -3.48. The number of piperazine rings is 1.